The second kappa shape index (κ2) is 8.06. The second-order valence-electron chi connectivity index (χ2n) is 6.14. The topological polar surface area (TPSA) is 66.8 Å². The first kappa shape index (κ1) is 20.9. The third kappa shape index (κ3) is 3.51. The number of carboxylic acids is 1. The van der Waals surface area contributed by atoms with Crippen LogP contribution in [-0.4, -0.2) is 16.2 Å². The van der Waals surface area contributed by atoms with Gasteiger partial charge in [-0.05, 0) is 118 Å². The monoisotopic (exact) mass is 822 g/mol. The quantitative estimate of drug-likeness (QED) is 0.325. The zero-order chi connectivity index (χ0) is 20.2. The zero-order valence-corrected chi connectivity index (χ0v) is 22.5. The maximum absolute atomic E-state index is 11.9. The van der Waals surface area contributed by atoms with E-state index in [4.69, 9.17) is 4.74 Å². The molecule has 4 nitrogen and oxygen atoms in total. The zero-order valence-electron chi connectivity index (χ0n) is 13.9. The van der Waals surface area contributed by atoms with Gasteiger partial charge in [0.25, 0.3) is 0 Å². The van der Waals surface area contributed by atoms with Crippen molar-refractivity contribution in [3.05, 3.63) is 78.7 Å². The molecule has 1 heterocycles. The molecule has 0 fully saturated rings. The summed E-state index contributed by atoms with van der Waals surface area (Å²) < 4.78 is 9.77. The molecule has 0 aromatic heterocycles. The molecule has 0 saturated carbocycles. The highest BCUT2D eigenvalue weighted by Gasteiger charge is 2.33. The first-order valence-corrected chi connectivity index (χ1v) is 12.3. The summed E-state index contributed by atoms with van der Waals surface area (Å²) in [4.78, 5) is 11.9. The Labute approximate surface area is 215 Å². The molecule has 0 saturated heterocycles. The number of fused-ring (bicyclic) bond motifs is 2. The van der Waals surface area contributed by atoms with E-state index in [0.717, 1.165) is 36.0 Å². The van der Waals surface area contributed by atoms with E-state index >= 15 is 0 Å². The molecule has 2 N–H and O–H groups in total. The molecule has 0 bridgehead atoms. The van der Waals surface area contributed by atoms with E-state index in [0.29, 0.717) is 18.5 Å². The number of phenols is 1. The Kier molecular flexibility index (Phi) is 6.02. The molecule has 1 aliphatic heterocycles. The van der Waals surface area contributed by atoms with E-state index in [9.17, 15) is 15.0 Å². The lowest BCUT2D eigenvalue weighted by Crippen LogP contribution is -2.16. The molecule has 142 valence electrons. The summed E-state index contributed by atoms with van der Waals surface area (Å²) in [5.41, 5.74) is 3.34. The summed E-state index contributed by atoms with van der Waals surface area (Å²) in [5, 5.41) is 20.2. The van der Waals surface area contributed by atoms with Crippen LogP contribution in [0.4, 0.5) is 0 Å². The fraction of sp³-hybridized carbons (Fsp3) is 0.0500. The average molecular weight is 822 g/mol. The number of ether oxygens (including phenoxy) is 1. The van der Waals surface area contributed by atoms with Crippen molar-refractivity contribution in [3.63, 3.8) is 0 Å². The van der Waals surface area contributed by atoms with Crippen LogP contribution in [-0.2, 0) is 0 Å². The van der Waals surface area contributed by atoms with Gasteiger partial charge in [-0.3, -0.25) is 0 Å². The third-order valence-electron chi connectivity index (χ3n) is 4.43. The molecule has 0 radical (unpaired) electrons. The van der Waals surface area contributed by atoms with Crippen LogP contribution in [0.1, 0.15) is 27.9 Å². The van der Waals surface area contributed by atoms with Crippen molar-refractivity contribution < 1.29 is 19.7 Å². The lowest BCUT2D eigenvalue weighted by atomic mass is 9.85. The molecule has 2 aromatic carbocycles. The van der Waals surface area contributed by atoms with E-state index in [1.807, 2.05) is 18.2 Å². The van der Waals surface area contributed by atoms with E-state index < -0.39 is 5.97 Å². The Balaban J connectivity index is 2.17. The number of aromatic carboxylic acids is 1. The van der Waals surface area contributed by atoms with Gasteiger partial charge in [0.2, 0.25) is 0 Å². The van der Waals surface area contributed by atoms with Gasteiger partial charge in [-0.15, -0.1) is 0 Å². The summed E-state index contributed by atoms with van der Waals surface area (Å²) in [7, 11) is 0. The number of hydrogen-bond acceptors (Lipinski definition) is 3. The van der Waals surface area contributed by atoms with Crippen molar-refractivity contribution in [1.29, 1.82) is 0 Å². The van der Waals surface area contributed by atoms with Crippen LogP contribution in [0.25, 0.3) is 5.57 Å². The fourth-order valence-electron chi connectivity index (χ4n) is 3.25. The number of carboxylic acid groups (broad SMARTS) is 1. The molecule has 28 heavy (non-hydrogen) atoms. The Morgan fingerprint density at radius 3 is 2.50 bits per heavy atom. The van der Waals surface area contributed by atoms with Crippen molar-refractivity contribution in [2.24, 2.45) is 0 Å². The molecule has 1 aliphatic carbocycles. The highest BCUT2D eigenvalue weighted by Crippen LogP contribution is 2.51. The maximum Gasteiger partial charge on any atom is 0.336 e. The van der Waals surface area contributed by atoms with Gasteiger partial charge in [0, 0.05) is 26.7 Å². The number of phenolic OH excluding ortho intramolecular Hbond substituents is 1. The molecule has 4 rings (SSSR count). The molecular weight excluding hydrogens is 812 g/mol. The van der Waals surface area contributed by atoms with Gasteiger partial charge in [0.05, 0.1) is 12.7 Å². The number of hydrogen-bond donors (Lipinski definition) is 2. The minimum absolute atomic E-state index is 0.172. The average Bonchev–Trinajstić information content (AvgIpc) is 2.65. The minimum Gasteiger partial charge on any atom is -0.506 e. The van der Waals surface area contributed by atoms with Gasteiger partial charge < -0.3 is 14.9 Å². The highest BCUT2D eigenvalue weighted by molar-refractivity contribution is 14.1. The molecule has 8 heteroatoms. The fourth-order valence-corrected chi connectivity index (χ4v) is 7.27. The molecule has 0 spiro atoms. The molecular formula is C20H10I4O4. The molecule has 0 amide bonds. The van der Waals surface area contributed by atoms with Crippen molar-refractivity contribution in [1.82, 2.24) is 0 Å². The van der Waals surface area contributed by atoms with Crippen molar-refractivity contribution in [2.75, 3.05) is 0 Å². The van der Waals surface area contributed by atoms with Crippen LogP contribution < -0.4 is 4.74 Å². The lowest BCUT2D eigenvalue weighted by molar-refractivity contribution is 0.0696. The summed E-state index contributed by atoms with van der Waals surface area (Å²) in [6.45, 7) is 0. The van der Waals surface area contributed by atoms with Gasteiger partial charge in [0.1, 0.15) is 11.5 Å². The van der Waals surface area contributed by atoms with Crippen LogP contribution in [0.3, 0.4) is 0 Å². The number of benzene rings is 2. The van der Waals surface area contributed by atoms with Crippen molar-refractivity contribution in [3.8, 4) is 11.5 Å². The summed E-state index contributed by atoms with van der Waals surface area (Å²) in [5.74, 6) is 0.481. The number of rotatable bonds is 2. The second-order valence-corrected chi connectivity index (χ2v) is 11.1. The largest absolute Gasteiger partial charge is 0.506 e. The summed E-state index contributed by atoms with van der Waals surface area (Å²) in [6, 6.07) is 8.86. The van der Waals surface area contributed by atoms with Crippen LogP contribution in [0.15, 0.2) is 54.9 Å². The SMILES string of the molecule is O=C(O)c1ccccc1C1=C2C=C(I)CC(I)=C2Oc2c1cc(I)c(O)c2I. The lowest BCUT2D eigenvalue weighted by Gasteiger charge is -2.30. The van der Waals surface area contributed by atoms with Gasteiger partial charge in [-0.25, -0.2) is 4.79 Å². The Hall–Kier alpha value is -0.350. The molecule has 0 atom stereocenters. The number of halogens is 4. The van der Waals surface area contributed by atoms with Crippen LogP contribution in [0, 0.1) is 7.14 Å². The van der Waals surface area contributed by atoms with Crippen molar-refractivity contribution >= 4 is 102 Å². The Morgan fingerprint density at radius 1 is 1.07 bits per heavy atom. The minimum atomic E-state index is -0.977. The van der Waals surface area contributed by atoms with Crippen LogP contribution in [0.2, 0.25) is 0 Å². The standard InChI is InChI=1S/C20H10I4O4/c21-8-5-11-15(9-3-1-2-4-10(9)20(26)27)12-7-13(22)17(25)16(24)19(12)28-18(11)14(23)6-8/h1-5,7,25H,6H2,(H,26,27). The summed E-state index contributed by atoms with van der Waals surface area (Å²) >= 11 is 8.74. The first-order chi connectivity index (χ1) is 13.3. The van der Waals surface area contributed by atoms with Gasteiger partial charge in [-0.2, -0.15) is 0 Å². The predicted molar refractivity (Wildman–Crippen MR) is 141 cm³/mol. The van der Waals surface area contributed by atoms with Crippen molar-refractivity contribution in [2.45, 2.75) is 6.42 Å². The molecule has 2 aliphatic rings. The van der Waals surface area contributed by atoms with E-state index in [1.54, 1.807) is 12.1 Å². The summed E-state index contributed by atoms with van der Waals surface area (Å²) in [6.07, 6.45) is 2.83. The van der Waals surface area contributed by atoms with E-state index in [2.05, 4.69) is 96.4 Å². The first-order valence-electron chi connectivity index (χ1n) is 8.00. The highest BCUT2D eigenvalue weighted by atomic mass is 127. The van der Waals surface area contributed by atoms with Gasteiger partial charge in [-0.1, -0.05) is 18.2 Å². The van der Waals surface area contributed by atoms with Gasteiger partial charge >= 0.3 is 5.97 Å². The Morgan fingerprint density at radius 2 is 1.79 bits per heavy atom. The third-order valence-corrected chi connectivity index (χ3v) is 7.82. The van der Waals surface area contributed by atoms with E-state index in [-0.39, 0.29) is 11.3 Å². The number of aromatic hydroxyl groups is 1. The normalized spacial score (nSPS) is 15.6. The Bertz CT molecular complexity index is 1150. The number of allylic oxidation sites excluding steroid dienone is 3. The molecule has 2 aromatic rings. The van der Waals surface area contributed by atoms with Crippen LogP contribution >= 0.6 is 90.4 Å². The van der Waals surface area contributed by atoms with Crippen LogP contribution in [0.5, 0.6) is 11.5 Å². The maximum atomic E-state index is 11.9. The van der Waals surface area contributed by atoms with E-state index in [1.165, 1.54) is 0 Å². The molecule has 0 unspecified atom stereocenters. The smallest absolute Gasteiger partial charge is 0.336 e. The predicted octanol–water partition coefficient (Wildman–Crippen LogP) is 6.86. The number of carbonyl (C=O) groups is 1. The van der Waals surface area contributed by atoms with Gasteiger partial charge in [0.15, 0.2) is 5.75 Å².